The summed E-state index contributed by atoms with van der Waals surface area (Å²) in [4.78, 5) is 24.4. The summed E-state index contributed by atoms with van der Waals surface area (Å²) in [6.45, 7) is 2.85. The average molecular weight is 328 g/mol. The van der Waals surface area contributed by atoms with E-state index in [1.165, 1.54) is 20.9 Å². The molecule has 1 saturated heterocycles. The second-order valence-electron chi connectivity index (χ2n) is 4.94. The molecule has 1 aromatic heterocycles. The molecule has 0 aromatic carbocycles. The van der Waals surface area contributed by atoms with Crippen molar-refractivity contribution in [3.05, 3.63) is 0 Å². The van der Waals surface area contributed by atoms with Crippen molar-refractivity contribution in [1.29, 1.82) is 0 Å². The van der Waals surface area contributed by atoms with Crippen LogP contribution in [0.15, 0.2) is 0 Å². The van der Waals surface area contributed by atoms with Crippen LogP contribution in [0.3, 0.4) is 0 Å². The summed E-state index contributed by atoms with van der Waals surface area (Å²) in [5.41, 5.74) is 0. The van der Waals surface area contributed by atoms with Gasteiger partial charge in [0.05, 0.1) is 12.6 Å². The number of nitrogens with one attached hydrogen (secondary N) is 1. The van der Waals surface area contributed by atoms with Crippen LogP contribution in [0.25, 0.3) is 0 Å². The van der Waals surface area contributed by atoms with Gasteiger partial charge < -0.3 is 10.1 Å². The highest BCUT2D eigenvalue weighted by atomic mass is 32.2. The Balaban J connectivity index is 1.96. The molecule has 9 nitrogen and oxygen atoms in total. The first kappa shape index (κ1) is 16.7. The largest absolute Gasteiger partial charge is 0.428 e. The van der Waals surface area contributed by atoms with Crippen molar-refractivity contribution in [3.63, 3.8) is 0 Å². The highest BCUT2D eigenvalue weighted by Gasteiger charge is 2.27. The zero-order chi connectivity index (χ0) is 15.9. The van der Waals surface area contributed by atoms with Gasteiger partial charge in [0, 0.05) is 12.8 Å². The van der Waals surface area contributed by atoms with Crippen molar-refractivity contribution in [2.75, 3.05) is 18.8 Å². The highest BCUT2D eigenvalue weighted by Crippen LogP contribution is 2.16. The SMILES string of the molecule is CCCSN(CC(=O)[C@@H]1CCCN1)C(=O)Oc1nnnn1C. The van der Waals surface area contributed by atoms with Gasteiger partial charge in [-0.2, -0.15) is 4.68 Å². The molecule has 0 spiro atoms. The summed E-state index contributed by atoms with van der Waals surface area (Å²) in [6.07, 6.45) is 2.04. The molecule has 1 aliphatic heterocycles. The van der Waals surface area contributed by atoms with E-state index in [0.717, 1.165) is 31.6 Å². The number of Topliss-reactive ketones (excluding diaryl/α,β-unsaturated/α-hetero) is 1. The van der Waals surface area contributed by atoms with Crippen LogP contribution in [-0.2, 0) is 11.8 Å². The molecule has 2 rings (SSSR count). The summed E-state index contributed by atoms with van der Waals surface area (Å²) in [7, 11) is 1.57. The Morgan fingerprint density at radius 3 is 2.95 bits per heavy atom. The third-order valence-corrected chi connectivity index (χ3v) is 4.34. The first-order valence-electron chi connectivity index (χ1n) is 7.22. The van der Waals surface area contributed by atoms with E-state index in [2.05, 4.69) is 20.8 Å². The molecule has 0 aliphatic carbocycles. The molecule has 0 bridgehead atoms. The minimum atomic E-state index is -0.636. The van der Waals surface area contributed by atoms with Gasteiger partial charge in [-0.25, -0.2) is 9.10 Å². The number of nitrogens with zero attached hydrogens (tertiary/aromatic N) is 5. The molecule has 2 heterocycles. The number of tetrazole rings is 1. The third-order valence-electron chi connectivity index (χ3n) is 3.16. The Kier molecular flexibility index (Phi) is 6.13. The van der Waals surface area contributed by atoms with Gasteiger partial charge in [0.15, 0.2) is 5.78 Å². The van der Waals surface area contributed by atoms with Gasteiger partial charge in [0.25, 0.3) is 0 Å². The van der Waals surface area contributed by atoms with Crippen LogP contribution in [0.4, 0.5) is 4.79 Å². The monoisotopic (exact) mass is 328 g/mol. The van der Waals surface area contributed by atoms with Gasteiger partial charge >= 0.3 is 12.1 Å². The second kappa shape index (κ2) is 8.08. The molecule has 1 atom stereocenters. The first-order valence-corrected chi connectivity index (χ1v) is 8.16. The fraction of sp³-hybridized carbons (Fsp3) is 0.750. The van der Waals surface area contributed by atoms with Gasteiger partial charge in [-0.05, 0) is 48.2 Å². The highest BCUT2D eigenvalue weighted by molar-refractivity contribution is 7.97. The van der Waals surface area contributed by atoms with Crippen molar-refractivity contribution < 1.29 is 14.3 Å². The average Bonchev–Trinajstić information content (AvgIpc) is 3.15. The molecule has 1 aliphatic rings. The fourth-order valence-corrected chi connectivity index (χ4v) is 2.78. The van der Waals surface area contributed by atoms with Crippen LogP contribution in [0.1, 0.15) is 26.2 Å². The molecule has 0 radical (unpaired) electrons. The van der Waals surface area contributed by atoms with Gasteiger partial charge in [-0.3, -0.25) is 4.79 Å². The number of amides is 1. The third kappa shape index (κ3) is 4.41. The predicted octanol–water partition coefficient (Wildman–Crippen LogP) is 0.390. The number of carbonyl (C=O) groups excluding carboxylic acids is 2. The Labute approximate surface area is 132 Å². The maximum atomic E-state index is 12.2. The van der Waals surface area contributed by atoms with E-state index in [9.17, 15) is 9.59 Å². The molecule has 1 fully saturated rings. The number of aryl methyl sites for hydroxylation is 1. The van der Waals surface area contributed by atoms with Crippen molar-refractivity contribution in [1.82, 2.24) is 29.8 Å². The molecule has 1 aromatic rings. The van der Waals surface area contributed by atoms with Gasteiger partial charge in [-0.15, -0.1) is 0 Å². The lowest BCUT2D eigenvalue weighted by atomic mass is 10.1. The van der Waals surface area contributed by atoms with Gasteiger partial charge in [-0.1, -0.05) is 12.0 Å². The zero-order valence-electron chi connectivity index (χ0n) is 12.7. The number of ether oxygens (including phenoxy) is 1. The van der Waals surface area contributed by atoms with Crippen LogP contribution < -0.4 is 10.1 Å². The fourth-order valence-electron chi connectivity index (χ4n) is 2.01. The second-order valence-corrected chi connectivity index (χ2v) is 6.05. The number of rotatable bonds is 7. The molecule has 22 heavy (non-hydrogen) atoms. The summed E-state index contributed by atoms with van der Waals surface area (Å²) < 4.78 is 7.71. The summed E-state index contributed by atoms with van der Waals surface area (Å²) in [5.74, 6) is 0.714. The maximum Gasteiger partial charge on any atom is 0.428 e. The van der Waals surface area contributed by atoms with Crippen LogP contribution in [0, 0.1) is 0 Å². The number of ketones is 1. The van der Waals surface area contributed by atoms with Crippen molar-refractivity contribution in [2.45, 2.75) is 32.2 Å². The Morgan fingerprint density at radius 2 is 2.36 bits per heavy atom. The summed E-state index contributed by atoms with van der Waals surface area (Å²) >= 11 is 1.28. The van der Waals surface area contributed by atoms with Crippen molar-refractivity contribution >= 4 is 23.8 Å². The van der Waals surface area contributed by atoms with E-state index >= 15 is 0 Å². The number of aromatic nitrogens is 4. The molecule has 122 valence electrons. The predicted molar refractivity (Wildman–Crippen MR) is 80.3 cm³/mol. The van der Waals surface area contributed by atoms with E-state index < -0.39 is 6.09 Å². The minimum absolute atomic E-state index is 0.00135. The molecule has 0 saturated carbocycles. The number of carbonyl (C=O) groups is 2. The van der Waals surface area contributed by atoms with Crippen molar-refractivity contribution in [3.8, 4) is 6.01 Å². The van der Waals surface area contributed by atoms with Crippen LogP contribution in [-0.4, -0.2) is 61.3 Å². The first-order chi connectivity index (χ1) is 10.6. The van der Waals surface area contributed by atoms with Crippen molar-refractivity contribution in [2.24, 2.45) is 7.05 Å². The molecular formula is C12H20N6O3S. The van der Waals surface area contributed by atoms with Gasteiger partial charge in [0.1, 0.15) is 0 Å². The topological polar surface area (TPSA) is 102 Å². The molecule has 1 amide bonds. The Hall–Kier alpha value is -1.68. The number of hydrogen-bond acceptors (Lipinski definition) is 8. The van der Waals surface area contributed by atoms with Gasteiger partial charge in [0.2, 0.25) is 0 Å². The minimum Gasteiger partial charge on any atom is -0.372 e. The summed E-state index contributed by atoms with van der Waals surface area (Å²) in [6, 6.07) is -0.174. The lowest BCUT2D eigenvalue weighted by molar-refractivity contribution is -0.120. The van der Waals surface area contributed by atoms with E-state index in [4.69, 9.17) is 4.74 Å². The maximum absolute atomic E-state index is 12.2. The zero-order valence-corrected chi connectivity index (χ0v) is 13.5. The molecule has 1 N–H and O–H groups in total. The number of hydrogen-bond donors (Lipinski definition) is 1. The van der Waals surface area contributed by atoms with E-state index in [0.29, 0.717) is 0 Å². The quantitative estimate of drug-likeness (QED) is 0.717. The smallest absolute Gasteiger partial charge is 0.372 e. The summed E-state index contributed by atoms with van der Waals surface area (Å²) in [5, 5.41) is 13.7. The normalized spacial score (nSPS) is 17.5. The molecule has 0 unspecified atom stereocenters. The Bertz CT molecular complexity index is 517. The van der Waals surface area contributed by atoms with Crippen LogP contribution in [0.2, 0.25) is 0 Å². The molecule has 10 heteroatoms. The lowest BCUT2D eigenvalue weighted by Crippen LogP contribution is -2.40. The lowest BCUT2D eigenvalue weighted by Gasteiger charge is -2.20. The Morgan fingerprint density at radius 1 is 1.55 bits per heavy atom. The van der Waals surface area contributed by atoms with E-state index in [-0.39, 0.29) is 24.4 Å². The van der Waals surface area contributed by atoms with E-state index in [1.807, 2.05) is 6.92 Å². The standard InChI is InChI=1S/C12H20N6O3S/c1-3-7-22-18(8-10(19)9-5-4-6-13-9)12(20)21-11-14-15-16-17(11)2/h9,13H,3-8H2,1-2H3/t9-/m0/s1. The van der Waals surface area contributed by atoms with Crippen LogP contribution >= 0.6 is 11.9 Å². The van der Waals surface area contributed by atoms with E-state index in [1.54, 1.807) is 7.05 Å². The van der Waals surface area contributed by atoms with Crippen LogP contribution in [0.5, 0.6) is 6.01 Å². The molecular weight excluding hydrogens is 308 g/mol.